The van der Waals surface area contributed by atoms with E-state index in [1.165, 1.54) is 6.07 Å². The van der Waals surface area contributed by atoms with Gasteiger partial charge in [-0.3, -0.25) is 0 Å². The fourth-order valence-corrected chi connectivity index (χ4v) is 1.89. The van der Waals surface area contributed by atoms with Crippen molar-refractivity contribution in [2.75, 3.05) is 0 Å². The zero-order valence-electron chi connectivity index (χ0n) is 11.7. The van der Waals surface area contributed by atoms with Crippen LogP contribution < -0.4 is 4.74 Å². The third-order valence-corrected chi connectivity index (χ3v) is 2.88. The number of carboxylic acid groups (broad SMARTS) is 1. The van der Waals surface area contributed by atoms with Crippen LogP contribution in [0.15, 0.2) is 24.3 Å². The van der Waals surface area contributed by atoms with Gasteiger partial charge in [0.05, 0.1) is 0 Å². The number of carboxylic acids is 1. The second kappa shape index (κ2) is 5.69. The van der Waals surface area contributed by atoms with E-state index in [1.54, 1.807) is 32.0 Å². The van der Waals surface area contributed by atoms with Crippen molar-refractivity contribution in [3.8, 4) is 11.6 Å². The molecule has 2 rings (SSSR count). The number of hydrogen-bond donors (Lipinski definition) is 1. The first-order valence-corrected chi connectivity index (χ1v) is 6.36. The van der Waals surface area contributed by atoms with Crippen LogP contribution in [0.1, 0.15) is 34.4 Å². The van der Waals surface area contributed by atoms with E-state index in [2.05, 4.69) is 9.97 Å². The van der Waals surface area contributed by atoms with Crippen LogP contribution in [0, 0.1) is 13.8 Å². The van der Waals surface area contributed by atoms with Gasteiger partial charge >= 0.3 is 5.97 Å². The Kier molecular flexibility index (Phi) is 3.98. The summed E-state index contributed by atoms with van der Waals surface area (Å²) in [6, 6.07) is 6.73. The number of ether oxygens (including phenoxy) is 1. The third-order valence-electron chi connectivity index (χ3n) is 2.88. The summed E-state index contributed by atoms with van der Waals surface area (Å²) in [6.45, 7) is 5.57. The van der Waals surface area contributed by atoms with Crippen LogP contribution in [0.4, 0.5) is 0 Å². The fourth-order valence-electron chi connectivity index (χ4n) is 1.89. The lowest BCUT2D eigenvalue weighted by molar-refractivity contribution is 0.0694. The van der Waals surface area contributed by atoms with Gasteiger partial charge in [-0.15, -0.1) is 0 Å². The molecule has 0 unspecified atom stereocenters. The third kappa shape index (κ3) is 2.93. The van der Waals surface area contributed by atoms with Crippen molar-refractivity contribution in [2.45, 2.75) is 27.2 Å². The van der Waals surface area contributed by atoms with Gasteiger partial charge in [-0.1, -0.05) is 19.1 Å². The fraction of sp³-hybridized carbons (Fsp3) is 0.267. The van der Waals surface area contributed by atoms with Crippen molar-refractivity contribution in [3.05, 3.63) is 46.9 Å². The van der Waals surface area contributed by atoms with Crippen LogP contribution in [0.25, 0.3) is 0 Å². The highest BCUT2D eigenvalue weighted by Gasteiger charge is 2.15. The molecule has 1 heterocycles. The molecule has 0 radical (unpaired) electrons. The molecule has 1 aromatic heterocycles. The molecule has 0 fully saturated rings. The SMILES string of the molecule is CCc1cc(Oc2c(C)cccc2C(=O)O)nc(C)n1. The summed E-state index contributed by atoms with van der Waals surface area (Å²) < 4.78 is 5.69. The molecule has 0 saturated carbocycles. The number of rotatable bonds is 4. The van der Waals surface area contributed by atoms with Gasteiger partial charge in [0.1, 0.15) is 17.1 Å². The molecule has 1 aromatic carbocycles. The number of benzene rings is 1. The number of para-hydroxylation sites is 1. The highest BCUT2D eigenvalue weighted by molar-refractivity contribution is 5.91. The largest absolute Gasteiger partial charge is 0.478 e. The topological polar surface area (TPSA) is 72.3 Å². The highest BCUT2D eigenvalue weighted by Crippen LogP contribution is 2.28. The lowest BCUT2D eigenvalue weighted by Crippen LogP contribution is -2.03. The lowest BCUT2D eigenvalue weighted by Gasteiger charge is -2.11. The van der Waals surface area contributed by atoms with E-state index in [1.807, 2.05) is 6.92 Å². The summed E-state index contributed by atoms with van der Waals surface area (Å²) >= 11 is 0. The van der Waals surface area contributed by atoms with Crippen molar-refractivity contribution in [1.82, 2.24) is 9.97 Å². The van der Waals surface area contributed by atoms with E-state index >= 15 is 0 Å². The average molecular weight is 272 g/mol. The molecule has 104 valence electrons. The maximum absolute atomic E-state index is 11.2. The molecule has 0 aliphatic carbocycles. The molecule has 0 aliphatic rings. The molecule has 0 atom stereocenters. The van der Waals surface area contributed by atoms with Crippen LogP contribution in [0.3, 0.4) is 0 Å². The Morgan fingerprint density at radius 3 is 2.70 bits per heavy atom. The number of aromatic carboxylic acids is 1. The number of aromatic nitrogens is 2. The molecule has 5 heteroatoms. The van der Waals surface area contributed by atoms with E-state index in [-0.39, 0.29) is 5.56 Å². The van der Waals surface area contributed by atoms with E-state index in [4.69, 9.17) is 4.74 Å². The molecule has 0 bridgehead atoms. The van der Waals surface area contributed by atoms with Crippen molar-refractivity contribution in [3.63, 3.8) is 0 Å². The molecule has 20 heavy (non-hydrogen) atoms. The van der Waals surface area contributed by atoms with Gasteiger partial charge < -0.3 is 9.84 Å². The van der Waals surface area contributed by atoms with Crippen molar-refractivity contribution in [1.29, 1.82) is 0 Å². The first-order chi connectivity index (χ1) is 9.51. The standard InChI is InChI=1S/C15H16N2O3/c1-4-11-8-13(17-10(3)16-11)20-14-9(2)6-5-7-12(14)15(18)19/h5-8H,4H2,1-3H3,(H,18,19). The summed E-state index contributed by atoms with van der Waals surface area (Å²) in [5, 5.41) is 9.21. The molecule has 0 saturated heterocycles. The first-order valence-electron chi connectivity index (χ1n) is 6.36. The van der Waals surface area contributed by atoms with E-state index < -0.39 is 5.97 Å². The molecule has 5 nitrogen and oxygen atoms in total. The van der Waals surface area contributed by atoms with Gasteiger partial charge in [-0.05, 0) is 31.9 Å². The monoisotopic (exact) mass is 272 g/mol. The summed E-state index contributed by atoms with van der Waals surface area (Å²) in [5.74, 6) is 0.265. The normalized spacial score (nSPS) is 10.3. The molecular weight excluding hydrogens is 256 g/mol. The molecule has 0 aliphatic heterocycles. The van der Waals surface area contributed by atoms with Gasteiger partial charge in [0, 0.05) is 11.8 Å². The van der Waals surface area contributed by atoms with Crippen LogP contribution in [-0.2, 0) is 6.42 Å². The Morgan fingerprint density at radius 2 is 2.05 bits per heavy atom. The van der Waals surface area contributed by atoms with Gasteiger partial charge in [-0.25, -0.2) is 9.78 Å². The zero-order valence-corrected chi connectivity index (χ0v) is 11.7. The second-order valence-corrected chi connectivity index (χ2v) is 4.46. The number of hydrogen-bond acceptors (Lipinski definition) is 4. The maximum atomic E-state index is 11.2. The molecule has 1 N–H and O–H groups in total. The van der Waals surface area contributed by atoms with Crippen molar-refractivity contribution in [2.24, 2.45) is 0 Å². The predicted molar refractivity (Wildman–Crippen MR) is 74.4 cm³/mol. The first kappa shape index (κ1) is 14.0. The van der Waals surface area contributed by atoms with Gasteiger partial charge in [0.25, 0.3) is 0 Å². The Labute approximate surface area is 117 Å². The summed E-state index contributed by atoms with van der Waals surface area (Å²) in [7, 11) is 0. The minimum atomic E-state index is -1.02. The van der Waals surface area contributed by atoms with Crippen LogP contribution in [0.5, 0.6) is 11.6 Å². The van der Waals surface area contributed by atoms with Crippen LogP contribution in [-0.4, -0.2) is 21.0 Å². The van der Waals surface area contributed by atoms with E-state index in [0.717, 1.165) is 17.7 Å². The molecule has 2 aromatic rings. The molecular formula is C15H16N2O3. The van der Waals surface area contributed by atoms with E-state index in [9.17, 15) is 9.90 Å². The highest BCUT2D eigenvalue weighted by atomic mass is 16.5. The van der Waals surface area contributed by atoms with Gasteiger partial charge in [0.15, 0.2) is 0 Å². The number of aryl methyl sites for hydroxylation is 3. The number of nitrogens with zero attached hydrogens (tertiary/aromatic N) is 2. The average Bonchev–Trinajstić information content (AvgIpc) is 2.40. The summed E-state index contributed by atoms with van der Waals surface area (Å²) in [4.78, 5) is 19.7. The Morgan fingerprint density at radius 1 is 1.30 bits per heavy atom. The smallest absolute Gasteiger partial charge is 0.339 e. The molecule has 0 spiro atoms. The van der Waals surface area contributed by atoms with Crippen molar-refractivity contribution >= 4 is 5.97 Å². The van der Waals surface area contributed by atoms with Crippen molar-refractivity contribution < 1.29 is 14.6 Å². The Hall–Kier alpha value is -2.43. The maximum Gasteiger partial charge on any atom is 0.339 e. The van der Waals surface area contributed by atoms with Crippen LogP contribution in [0.2, 0.25) is 0 Å². The predicted octanol–water partition coefficient (Wildman–Crippen LogP) is 3.15. The van der Waals surface area contributed by atoms with Gasteiger partial charge in [-0.2, -0.15) is 4.98 Å². The Balaban J connectivity index is 2.44. The number of carbonyl (C=O) groups is 1. The lowest BCUT2D eigenvalue weighted by atomic mass is 10.1. The minimum Gasteiger partial charge on any atom is -0.478 e. The van der Waals surface area contributed by atoms with E-state index in [0.29, 0.717) is 17.5 Å². The van der Waals surface area contributed by atoms with Gasteiger partial charge in [0.2, 0.25) is 5.88 Å². The minimum absolute atomic E-state index is 0.124. The van der Waals surface area contributed by atoms with Crippen LogP contribution >= 0.6 is 0 Å². The Bertz CT molecular complexity index is 654. The summed E-state index contributed by atoms with van der Waals surface area (Å²) in [6.07, 6.45) is 0.763. The summed E-state index contributed by atoms with van der Waals surface area (Å²) in [5.41, 5.74) is 1.73. The quantitative estimate of drug-likeness (QED) is 0.925. The zero-order chi connectivity index (χ0) is 14.7. The molecule has 0 amide bonds. The second-order valence-electron chi connectivity index (χ2n) is 4.46.